The lowest BCUT2D eigenvalue weighted by Crippen LogP contribution is -2.37. The van der Waals surface area contributed by atoms with Gasteiger partial charge >= 0.3 is 0 Å². The third-order valence-corrected chi connectivity index (χ3v) is 4.40. The Morgan fingerprint density at radius 2 is 1.94 bits per heavy atom. The molecule has 1 aliphatic heterocycles. The molecule has 1 N–H and O–H groups in total. The number of hydrogen-bond acceptors (Lipinski definition) is 2. The molecule has 0 spiro atoms. The minimum absolute atomic E-state index is 0.0727. The van der Waals surface area contributed by atoms with E-state index < -0.39 is 0 Å². The van der Waals surface area contributed by atoms with Crippen molar-refractivity contribution in [3.8, 4) is 0 Å². The van der Waals surface area contributed by atoms with Gasteiger partial charge in [-0.15, -0.1) is 0 Å². The van der Waals surface area contributed by atoms with Gasteiger partial charge in [0.2, 0.25) is 5.91 Å². The molecule has 0 aromatic rings. The maximum atomic E-state index is 12.2. The summed E-state index contributed by atoms with van der Waals surface area (Å²) in [6.45, 7) is 5.21. The van der Waals surface area contributed by atoms with Crippen LogP contribution in [0.2, 0.25) is 0 Å². The Morgan fingerprint density at radius 1 is 1.24 bits per heavy atom. The van der Waals surface area contributed by atoms with E-state index >= 15 is 0 Å². The van der Waals surface area contributed by atoms with E-state index in [1.54, 1.807) is 0 Å². The molecule has 2 rings (SSSR count). The van der Waals surface area contributed by atoms with Crippen LogP contribution in [-0.2, 0) is 4.79 Å². The van der Waals surface area contributed by atoms with Gasteiger partial charge in [-0.3, -0.25) is 10.1 Å². The van der Waals surface area contributed by atoms with Crippen LogP contribution >= 0.6 is 0 Å². The molecule has 1 saturated carbocycles. The fraction of sp³-hybridized carbons (Fsp3) is 0.929. The van der Waals surface area contributed by atoms with E-state index in [1.807, 2.05) is 0 Å². The lowest BCUT2D eigenvalue weighted by molar-refractivity contribution is -0.130. The van der Waals surface area contributed by atoms with Crippen LogP contribution in [0.1, 0.15) is 58.8 Å². The molecule has 1 heterocycles. The summed E-state index contributed by atoms with van der Waals surface area (Å²) in [5, 5.41) is 3.44. The lowest BCUT2D eigenvalue weighted by atomic mass is 10.0. The summed E-state index contributed by atoms with van der Waals surface area (Å²) in [5.74, 6) is 1.21. The van der Waals surface area contributed by atoms with E-state index in [-0.39, 0.29) is 12.2 Å². The van der Waals surface area contributed by atoms with E-state index in [0.29, 0.717) is 5.91 Å². The minimum atomic E-state index is 0.0727. The van der Waals surface area contributed by atoms with E-state index in [9.17, 15) is 4.79 Å². The summed E-state index contributed by atoms with van der Waals surface area (Å²) in [4.78, 5) is 14.3. The summed E-state index contributed by atoms with van der Waals surface area (Å²) in [5.41, 5.74) is 0. The third-order valence-electron chi connectivity index (χ3n) is 4.40. The molecule has 2 aliphatic rings. The molecule has 2 atom stereocenters. The van der Waals surface area contributed by atoms with E-state index in [1.165, 1.54) is 32.1 Å². The first-order valence-electron chi connectivity index (χ1n) is 7.32. The first kappa shape index (κ1) is 12.9. The van der Waals surface area contributed by atoms with E-state index in [2.05, 4.69) is 24.1 Å². The predicted molar refractivity (Wildman–Crippen MR) is 69.6 cm³/mol. The number of carbonyl (C=O) groups excluding carboxylic acids is 1. The number of carbonyl (C=O) groups is 1. The van der Waals surface area contributed by atoms with Gasteiger partial charge in [0.15, 0.2) is 0 Å². The first-order chi connectivity index (χ1) is 8.26. The highest BCUT2D eigenvalue weighted by Crippen LogP contribution is 2.28. The first-order valence-corrected chi connectivity index (χ1v) is 7.32. The summed E-state index contributed by atoms with van der Waals surface area (Å²) in [7, 11) is 0. The van der Waals surface area contributed by atoms with Gasteiger partial charge in [-0.2, -0.15) is 0 Å². The summed E-state index contributed by atoms with van der Waals surface area (Å²) < 4.78 is 0. The fourth-order valence-corrected chi connectivity index (χ4v) is 3.26. The molecule has 17 heavy (non-hydrogen) atoms. The second kappa shape index (κ2) is 5.85. The summed E-state index contributed by atoms with van der Waals surface area (Å²) in [6, 6.07) is 0.0727. The molecular formula is C14H26N2O. The van der Waals surface area contributed by atoms with Crippen LogP contribution in [0.5, 0.6) is 0 Å². The van der Waals surface area contributed by atoms with Crippen LogP contribution in [-0.4, -0.2) is 29.6 Å². The molecule has 98 valence electrons. The molecular weight excluding hydrogens is 212 g/mol. The van der Waals surface area contributed by atoms with Crippen molar-refractivity contribution in [2.75, 3.05) is 6.54 Å². The summed E-state index contributed by atoms with van der Waals surface area (Å²) in [6.07, 6.45) is 8.97. The summed E-state index contributed by atoms with van der Waals surface area (Å²) >= 11 is 0. The average Bonchev–Trinajstić information content (AvgIpc) is 2.94. The van der Waals surface area contributed by atoms with Crippen LogP contribution in [0.3, 0.4) is 0 Å². The number of hydrogen-bond donors (Lipinski definition) is 1. The average molecular weight is 238 g/mol. The van der Waals surface area contributed by atoms with Gasteiger partial charge in [-0.25, -0.2) is 0 Å². The second-order valence-corrected chi connectivity index (χ2v) is 5.52. The molecule has 0 bridgehead atoms. The Labute approximate surface area is 105 Å². The zero-order chi connectivity index (χ0) is 12.3. The van der Waals surface area contributed by atoms with Gasteiger partial charge in [0.05, 0.1) is 12.2 Å². The largest absolute Gasteiger partial charge is 0.326 e. The van der Waals surface area contributed by atoms with Crippen molar-refractivity contribution in [2.24, 2.45) is 5.92 Å². The molecule has 0 radical (unpaired) electrons. The van der Waals surface area contributed by atoms with Crippen LogP contribution in [0.25, 0.3) is 0 Å². The molecule has 3 nitrogen and oxygen atoms in total. The van der Waals surface area contributed by atoms with Gasteiger partial charge < -0.3 is 4.90 Å². The smallest absolute Gasteiger partial charge is 0.241 e. The second-order valence-electron chi connectivity index (χ2n) is 5.52. The Hall–Kier alpha value is -0.570. The molecule has 2 fully saturated rings. The molecule has 1 amide bonds. The van der Waals surface area contributed by atoms with Crippen molar-refractivity contribution in [1.29, 1.82) is 0 Å². The topological polar surface area (TPSA) is 32.3 Å². The predicted octanol–water partition coefficient (Wildman–Crippen LogP) is 2.51. The van der Waals surface area contributed by atoms with Gasteiger partial charge in [-0.05, 0) is 25.2 Å². The van der Waals surface area contributed by atoms with Crippen molar-refractivity contribution in [3.63, 3.8) is 0 Å². The van der Waals surface area contributed by atoms with Crippen molar-refractivity contribution >= 4 is 5.91 Å². The van der Waals surface area contributed by atoms with Gasteiger partial charge in [0, 0.05) is 6.54 Å². The molecule has 1 aliphatic carbocycles. The van der Waals surface area contributed by atoms with Gasteiger partial charge in [0.25, 0.3) is 0 Å². The quantitative estimate of drug-likeness (QED) is 0.798. The normalized spacial score (nSPS) is 30.5. The van der Waals surface area contributed by atoms with Crippen molar-refractivity contribution in [3.05, 3.63) is 0 Å². The Balaban J connectivity index is 1.86. The van der Waals surface area contributed by atoms with Crippen LogP contribution in [0.15, 0.2) is 0 Å². The van der Waals surface area contributed by atoms with Crippen LogP contribution in [0.4, 0.5) is 0 Å². The Kier molecular flexibility index (Phi) is 4.43. The third kappa shape index (κ3) is 2.82. The fourth-order valence-electron chi connectivity index (χ4n) is 3.26. The zero-order valence-electron chi connectivity index (χ0n) is 11.2. The number of amides is 1. The highest BCUT2D eigenvalue weighted by Gasteiger charge is 2.36. The monoisotopic (exact) mass is 238 g/mol. The maximum Gasteiger partial charge on any atom is 0.241 e. The van der Waals surface area contributed by atoms with Gasteiger partial charge in [0.1, 0.15) is 0 Å². The van der Waals surface area contributed by atoms with Crippen molar-refractivity contribution in [1.82, 2.24) is 10.2 Å². The lowest BCUT2D eigenvalue weighted by Gasteiger charge is -2.24. The molecule has 0 aromatic carbocycles. The number of rotatable bonds is 5. The minimum Gasteiger partial charge on any atom is -0.326 e. The highest BCUT2D eigenvalue weighted by atomic mass is 16.2. The molecule has 1 saturated heterocycles. The van der Waals surface area contributed by atoms with Crippen molar-refractivity contribution < 1.29 is 4.79 Å². The standard InChI is InChI=1S/C14H26N2O/c1-3-12-14(17)16(13(4-2)15-12)10-9-11-7-5-6-8-11/h11-13,15H,3-10H2,1-2H3. The van der Waals surface area contributed by atoms with E-state index in [4.69, 9.17) is 0 Å². The van der Waals surface area contributed by atoms with E-state index in [0.717, 1.165) is 25.3 Å². The number of nitrogens with one attached hydrogen (secondary N) is 1. The van der Waals surface area contributed by atoms with Crippen LogP contribution in [0, 0.1) is 5.92 Å². The zero-order valence-corrected chi connectivity index (χ0v) is 11.2. The maximum absolute atomic E-state index is 12.2. The highest BCUT2D eigenvalue weighted by molar-refractivity contribution is 5.84. The van der Waals surface area contributed by atoms with Gasteiger partial charge in [-0.1, -0.05) is 39.5 Å². The molecule has 3 heteroatoms. The van der Waals surface area contributed by atoms with Crippen LogP contribution < -0.4 is 5.32 Å². The molecule has 0 aromatic heterocycles. The number of nitrogens with zero attached hydrogens (tertiary/aromatic N) is 1. The van der Waals surface area contributed by atoms with Crippen molar-refractivity contribution in [2.45, 2.75) is 71.0 Å². The SMILES string of the molecule is CCC1NC(CC)N(CCC2CCCC2)C1=O. The Morgan fingerprint density at radius 3 is 2.53 bits per heavy atom. The Bertz CT molecular complexity index is 261. The molecule has 2 unspecified atom stereocenters.